The van der Waals surface area contributed by atoms with Crippen LogP contribution in [0.4, 0.5) is 0 Å². The molecule has 1 fully saturated rings. The molecule has 1 amide bonds. The third-order valence-electron chi connectivity index (χ3n) is 4.15. The largest absolute Gasteiger partial charge is 0.359 e. The van der Waals surface area contributed by atoms with Gasteiger partial charge in [-0.15, -0.1) is 0 Å². The fourth-order valence-corrected chi connectivity index (χ4v) is 3.04. The molecule has 0 saturated carbocycles. The lowest BCUT2D eigenvalue weighted by Crippen LogP contribution is -2.39. The average molecular weight is 335 g/mol. The number of hydrogen-bond donors (Lipinski definition) is 1. The third kappa shape index (κ3) is 3.71. The first-order valence-corrected chi connectivity index (χ1v) is 8.06. The maximum absolute atomic E-state index is 11.6. The minimum absolute atomic E-state index is 0.109. The molecule has 2 aromatic rings. The molecule has 1 saturated heterocycles. The van der Waals surface area contributed by atoms with Crippen LogP contribution in [0, 0.1) is 5.92 Å². The molecule has 0 bridgehead atoms. The minimum Gasteiger partial charge on any atom is -0.359 e. The summed E-state index contributed by atoms with van der Waals surface area (Å²) in [5.74, 6) is 1.31. The fourth-order valence-electron chi connectivity index (χ4n) is 2.82. The normalized spacial score (nSPS) is 16.4. The quantitative estimate of drug-likeness (QED) is 0.929. The van der Waals surface area contributed by atoms with Crippen LogP contribution in [0.3, 0.4) is 0 Å². The zero-order valence-electron chi connectivity index (χ0n) is 13.0. The molecule has 2 heterocycles. The van der Waals surface area contributed by atoms with Crippen molar-refractivity contribution in [1.82, 2.24) is 20.4 Å². The summed E-state index contributed by atoms with van der Waals surface area (Å²) in [7, 11) is 1.68. The van der Waals surface area contributed by atoms with Gasteiger partial charge in [-0.05, 0) is 38.1 Å². The Morgan fingerprint density at radius 3 is 2.83 bits per heavy atom. The van der Waals surface area contributed by atoms with E-state index in [2.05, 4.69) is 20.4 Å². The monoisotopic (exact) mass is 334 g/mol. The van der Waals surface area contributed by atoms with Gasteiger partial charge in [-0.2, -0.15) is 4.98 Å². The van der Waals surface area contributed by atoms with E-state index in [4.69, 9.17) is 16.1 Å². The molecular formula is C16H19ClN4O2. The van der Waals surface area contributed by atoms with Crippen LogP contribution in [0.1, 0.15) is 18.7 Å². The number of rotatable bonds is 4. The second kappa shape index (κ2) is 7.10. The van der Waals surface area contributed by atoms with Gasteiger partial charge in [-0.3, -0.25) is 9.69 Å². The van der Waals surface area contributed by atoms with Crippen LogP contribution in [0.15, 0.2) is 28.8 Å². The molecule has 1 aliphatic rings. The minimum atomic E-state index is 0.109. The first-order valence-electron chi connectivity index (χ1n) is 7.69. The van der Waals surface area contributed by atoms with Gasteiger partial charge in [0.15, 0.2) is 0 Å². The second-order valence-corrected chi connectivity index (χ2v) is 6.06. The van der Waals surface area contributed by atoms with Gasteiger partial charge in [0.1, 0.15) is 0 Å². The van der Waals surface area contributed by atoms with Crippen molar-refractivity contribution in [2.24, 2.45) is 5.92 Å². The first kappa shape index (κ1) is 16.0. The fraction of sp³-hybridized carbons (Fsp3) is 0.438. The van der Waals surface area contributed by atoms with E-state index in [0.717, 1.165) is 31.5 Å². The summed E-state index contributed by atoms with van der Waals surface area (Å²) >= 11 is 6.15. The van der Waals surface area contributed by atoms with Crippen LogP contribution < -0.4 is 5.32 Å². The van der Waals surface area contributed by atoms with E-state index >= 15 is 0 Å². The molecule has 6 nitrogen and oxygen atoms in total. The Hall–Kier alpha value is -1.92. The summed E-state index contributed by atoms with van der Waals surface area (Å²) < 4.78 is 5.33. The number of halogens is 1. The molecule has 1 N–H and O–H groups in total. The van der Waals surface area contributed by atoms with Gasteiger partial charge in [0, 0.05) is 18.5 Å². The van der Waals surface area contributed by atoms with Gasteiger partial charge in [0.25, 0.3) is 0 Å². The van der Waals surface area contributed by atoms with Crippen LogP contribution in [0.25, 0.3) is 11.4 Å². The van der Waals surface area contributed by atoms with Crippen LogP contribution in [0.5, 0.6) is 0 Å². The summed E-state index contributed by atoms with van der Waals surface area (Å²) in [6.07, 6.45) is 1.70. The third-order valence-corrected chi connectivity index (χ3v) is 4.48. The van der Waals surface area contributed by atoms with Crippen LogP contribution in [-0.4, -0.2) is 41.1 Å². The molecule has 0 spiro atoms. The van der Waals surface area contributed by atoms with Gasteiger partial charge in [0.05, 0.1) is 11.6 Å². The number of nitrogens with one attached hydrogen (secondary N) is 1. The van der Waals surface area contributed by atoms with E-state index in [-0.39, 0.29) is 11.8 Å². The summed E-state index contributed by atoms with van der Waals surface area (Å²) in [5.41, 5.74) is 0.766. The molecular weight excluding hydrogens is 316 g/mol. The van der Waals surface area contributed by atoms with Crippen molar-refractivity contribution < 1.29 is 9.32 Å². The summed E-state index contributed by atoms with van der Waals surface area (Å²) in [5, 5.41) is 7.33. The van der Waals surface area contributed by atoms with E-state index in [1.54, 1.807) is 13.1 Å². The molecule has 122 valence electrons. The van der Waals surface area contributed by atoms with Gasteiger partial charge >= 0.3 is 0 Å². The van der Waals surface area contributed by atoms with Crippen molar-refractivity contribution in [2.75, 3.05) is 20.1 Å². The Labute approximate surface area is 139 Å². The Morgan fingerprint density at radius 1 is 1.39 bits per heavy atom. The Morgan fingerprint density at radius 2 is 2.13 bits per heavy atom. The van der Waals surface area contributed by atoms with Crippen LogP contribution in [0.2, 0.25) is 5.02 Å². The van der Waals surface area contributed by atoms with Crippen LogP contribution in [-0.2, 0) is 11.3 Å². The van der Waals surface area contributed by atoms with E-state index in [0.29, 0.717) is 23.3 Å². The van der Waals surface area contributed by atoms with Crippen molar-refractivity contribution in [3.8, 4) is 11.4 Å². The number of carbonyl (C=O) groups excluding carboxylic acids is 1. The molecule has 0 unspecified atom stereocenters. The molecule has 1 aromatic carbocycles. The van der Waals surface area contributed by atoms with Crippen molar-refractivity contribution in [1.29, 1.82) is 0 Å². The number of carbonyl (C=O) groups is 1. The van der Waals surface area contributed by atoms with E-state index in [1.165, 1.54) is 0 Å². The van der Waals surface area contributed by atoms with Gasteiger partial charge in [0.2, 0.25) is 17.6 Å². The summed E-state index contributed by atoms with van der Waals surface area (Å²) in [4.78, 5) is 18.3. The number of hydrogen-bond acceptors (Lipinski definition) is 5. The zero-order valence-corrected chi connectivity index (χ0v) is 13.7. The standard InChI is InChI=1S/C16H19ClN4O2/c1-18-16(22)11-6-8-21(9-7-11)10-14-19-15(20-23-14)12-4-2-3-5-13(12)17/h2-5,11H,6-10H2,1H3,(H,18,22). The predicted molar refractivity (Wildman–Crippen MR) is 86.8 cm³/mol. The SMILES string of the molecule is CNC(=O)C1CCN(Cc2nc(-c3ccccc3Cl)no2)CC1. The smallest absolute Gasteiger partial charge is 0.241 e. The molecule has 1 aliphatic heterocycles. The number of nitrogens with zero attached hydrogens (tertiary/aromatic N) is 3. The lowest BCUT2D eigenvalue weighted by atomic mass is 9.96. The van der Waals surface area contributed by atoms with Gasteiger partial charge in [-0.1, -0.05) is 28.9 Å². The van der Waals surface area contributed by atoms with Crippen molar-refractivity contribution in [3.63, 3.8) is 0 Å². The molecule has 1 aromatic heterocycles. The summed E-state index contributed by atoms with van der Waals surface area (Å²) in [6, 6.07) is 7.42. The number of benzene rings is 1. The molecule has 0 atom stereocenters. The highest BCUT2D eigenvalue weighted by atomic mass is 35.5. The lowest BCUT2D eigenvalue weighted by Gasteiger charge is -2.29. The van der Waals surface area contributed by atoms with Crippen molar-refractivity contribution in [2.45, 2.75) is 19.4 Å². The van der Waals surface area contributed by atoms with Crippen LogP contribution >= 0.6 is 11.6 Å². The number of aromatic nitrogens is 2. The maximum Gasteiger partial charge on any atom is 0.241 e. The number of likely N-dealkylation sites (tertiary alicyclic amines) is 1. The van der Waals surface area contributed by atoms with E-state index in [9.17, 15) is 4.79 Å². The topological polar surface area (TPSA) is 71.3 Å². The summed E-state index contributed by atoms with van der Waals surface area (Å²) in [6.45, 7) is 2.29. The number of amides is 1. The highest BCUT2D eigenvalue weighted by Crippen LogP contribution is 2.25. The van der Waals surface area contributed by atoms with E-state index in [1.807, 2.05) is 18.2 Å². The molecule has 23 heavy (non-hydrogen) atoms. The Kier molecular flexibility index (Phi) is 4.93. The Balaban J connectivity index is 1.60. The first-order chi connectivity index (χ1) is 11.2. The lowest BCUT2D eigenvalue weighted by molar-refractivity contribution is -0.125. The van der Waals surface area contributed by atoms with Crippen molar-refractivity contribution >= 4 is 17.5 Å². The highest BCUT2D eigenvalue weighted by Gasteiger charge is 2.25. The van der Waals surface area contributed by atoms with Crippen molar-refractivity contribution in [3.05, 3.63) is 35.2 Å². The van der Waals surface area contributed by atoms with E-state index < -0.39 is 0 Å². The maximum atomic E-state index is 11.6. The molecule has 3 rings (SSSR count). The predicted octanol–water partition coefficient (Wildman–Crippen LogP) is 2.35. The highest BCUT2D eigenvalue weighted by molar-refractivity contribution is 6.33. The molecule has 0 radical (unpaired) electrons. The Bertz CT molecular complexity index is 680. The zero-order chi connectivity index (χ0) is 16.2. The average Bonchev–Trinajstić information content (AvgIpc) is 3.03. The van der Waals surface area contributed by atoms with Gasteiger partial charge < -0.3 is 9.84 Å². The molecule has 0 aliphatic carbocycles. The number of piperidine rings is 1. The van der Waals surface area contributed by atoms with Gasteiger partial charge in [-0.25, -0.2) is 0 Å². The molecule has 7 heteroatoms. The second-order valence-electron chi connectivity index (χ2n) is 5.66.